The van der Waals surface area contributed by atoms with E-state index in [4.69, 9.17) is 19.6 Å². The summed E-state index contributed by atoms with van der Waals surface area (Å²) in [4.78, 5) is 24.1. The van der Waals surface area contributed by atoms with Crippen LogP contribution < -0.4 is 15.3 Å². The number of furan rings is 1. The molecule has 2 aliphatic rings. The van der Waals surface area contributed by atoms with Gasteiger partial charge in [0.05, 0.1) is 19.5 Å². The van der Waals surface area contributed by atoms with Gasteiger partial charge in [0, 0.05) is 19.2 Å². The maximum absolute atomic E-state index is 15.0. The topological polar surface area (TPSA) is 146 Å². The van der Waals surface area contributed by atoms with Crippen LogP contribution in [-0.2, 0) is 11.3 Å². The minimum Gasteiger partial charge on any atom is -0.485 e. The van der Waals surface area contributed by atoms with E-state index in [0.717, 1.165) is 37.3 Å². The number of hydrogen-bond acceptors (Lipinski definition) is 11. The highest BCUT2D eigenvalue weighted by molar-refractivity contribution is 7.17. The Morgan fingerprint density at radius 2 is 2.00 bits per heavy atom. The molecule has 6 heterocycles. The van der Waals surface area contributed by atoms with Gasteiger partial charge >= 0.3 is 4.87 Å². The smallest absolute Gasteiger partial charge is 0.309 e. The van der Waals surface area contributed by atoms with Crippen LogP contribution in [0.15, 0.2) is 45.8 Å². The van der Waals surface area contributed by atoms with Crippen molar-refractivity contribution in [2.45, 2.75) is 37.5 Å². The summed E-state index contributed by atoms with van der Waals surface area (Å²) in [6.45, 7) is 3.17. The molecule has 12 nitrogen and oxygen atoms in total. The number of nitrogens with zero attached hydrogens (tertiary/aromatic N) is 6. The fourth-order valence-corrected chi connectivity index (χ4v) is 6.50. The molecule has 0 aliphatic carbocycles. The van der Waals surface area contributed by atoms with Crippen LogP contribution in [0.2, 0.25) is 0 Å². The van der Waals surface area contributed by atoms with E-state index in [1.807, 2.05) is 0 Å². The van der Waals surface area contributed by atoms with E-state index in [0.29, 0.717) is 52.0 Å². The molecule has 3 N–H and O–H groups in total. The summed E-state index contributed by atoms with van der Waals surface area (Å²) in [5.74, 6) is 1.19. The molecule has 0 bridgehead atoms. The molecule has 2 saturated heterocycles. The zero-order valence-corrected chi connectivity index (χ0v) is 22.8. The van der Waals surface area contributed by atoms with Crippen molar-refractivity contribution in [3.63, 3.8) is 0 Å². The summed E-state index contributed by atoms with van der Waals surface area (Å²) in [6.07, 6.45) is 1.95. The Hall–Kier alpha value is -3.85. The van der Waals surface area contributed by atoms with Crippen molar-refractivity contribution in [3.8, 4) is 17.3 Å². The van der Waals surface area contributed by atoms with Crippen LogP contribution in [0.5, 0.6) is 5.75 Å². The Balaban J connectivity index is 1.01. The van der Waals surface area contributed by atoms with Crippen molar-refractivity contribution in [1.82, 2.24) is 29.0 Å². The molecule has 1 aromatic carbocycles. The number of aromatic nitrogens is 5. The molecule has 0 radical (unpaired) electrons. The van der Waals surface area contributed by atoms with Gasteiger partial charge in [-0.2, -0.15) is 9.50 Å². The Morgan fingerprint density at radius 3 is 2.73 bits per heavy atom. The van der Waals surface area contributed by atoms with Gasteiger partial charge in [-0.25, -0.2) is 9.37 Å². The first-order valence-electron chi connectivity index (χ1n) is 13.5. The third-order valence-electron chi connectivity index (χ3n) is 7.78. The summed E-state index contributed by atoms with van der Waals surface area (Å²) in [6, 6.07) is 8.43. The normalized spacial score (nSPS) is 20.4. The van der Waals surface area contributed by atoms with E-state index in [1.165, 1.54) is 16.8 Å². The SMILES string of the molecule is Nc1nc2c(sc(=O)n2CCN2CCC(c3ccc(O[C@H]4COC[C@@H]4O)cc3F)CC2)c2nc(-c3ccco3)nn12. The lowest BCUT2D eigenvalue weighted by molar-refractivity contribution is 0.0731. The number of rotatable bonds is 7. The number of fused-ring (bicyclic) bond motifs is 3. The first kappa shape index (κ1) is 26.1. The number of hydrogen-bond donors (Lipinski definition) is 2. The molecule has 0 spiro atoms. The standard InChI is InChI=1S/C27H28FN7O5S/c28-18-12-16(40-21-14-38-13-19(21)36)3-4-17(18)15-5-7-33(8-6-15)9-10-34-24-22(41-27(34)37)25-30-23(20-2-1-11-39-20)32-35(25)26(29)31-24/h1-4,11-12,15,19,21,36H,5-10,13-14H2,(H2,29,31)/t19-,21-/m0/s1. The number of aliphatic hydroxyl groups is 1. The second kappa shape index (κ2) is 10.5. The van der Waals surface area contributed by atoms with Crippen LogP contribution in [0, 0.1) is 5.82 Å². The van der Waals surface area contributed by atoms with Crippen molar-refractivity contribution in [3.05, 3.63) is 57.6 Å². The van der Waals surface area contributed by atoms with Crippen LogP contribution in [0.4, 0.5) is 10.3 Å². The number of halogens is 1. The second-order valence-electron chi connectivity index (χ2n) is 10.4. The van der Waals surface area contributed by atoms with Crippen molar-refractivity contribution in [2.24, 2.45) is 0 Å². The monoisotopic (exact) mass is 581 g/mol. The van der Waals surface area contributed by atoms with Gasteiger partial charge in [-0.3, -0.25) is 9.36 Å². The highest BCUT2D eigenvalue weighted by Gasteiger charge is 2.29. The molecule has 14 heteroatoms. The minimum atomic E-state index is -0.706. The number of likely N-dealkylation sites (tertiary alicyclic amines) is 1. The molecule has 5 aromatic rings. The van der Waals surface area contributed by atoms with Gasteiger partial charge in [0.25, 0.3) is 0 Å². The third kappa shape index (κ3) is 4.86. The van der Waals surface area contributed by atoms with Gasteiger partial charge in [-0.05, 0) is 55.6 Å². The summed E-state index contributed by atoms with van der Waals surface area (Å²) in [5.41, 5.74) is 7.81. The predicted octanol–water partition coefficient (Wildman–Crippen LogP) is 2.50. The second-order valence-corrected chi connectivity index (χ2v) is 11.3. The van der Waals surface area contributed by atoms with E-state index in [-0.39, 0.29) is 35.8 Å². The summed E-state index contributed by atoms with van der Waals surface area (Å²) in [7, 11) is 0. The number of thiazole rings is 1. The molecule has 41 heavy (non-hydrogen) atoms. The van der Waals surface area contributed by atoms with Crippen LogP contribution in [0.25, 0.3) is 27.6 Å². The van der Waals surface area contributed by atoms with Gasteiger partial charge in [-0.1, -0.05) is 17.4 Å². The van der Waals surface area contributed by atoms with E-state index >= 15 is 0 Å². The predicted molar refractivity (Wildman–Crippen MR) is 149 cm³/mol. The number of ether oxygens (including phenoxy) is 2. The molecule has 4 aromatic heterocycles. The van der Waals surface area contributed by atoms with Crippen molar-refractivity contribution in [1.29, 1.82) is 0 Å². The van der Waals surface area contributed by atoms with Gasteiger partial charge in [0.1, 0.15) is 28.5 Å². The fraction of sp³-hybridized carbons (Fsp3) is 0.407. The Labute approximate surface area is 236 Å². The van der Waals surface area contributed by atoms with Gasteiger partial charge < -0.3 is 29.6 Å². The van der Waals surface area contributed by atoms with E-state index in [1.54, 1.807) is 28.8 Å². The zero-order valence-electron chi connectivity index (χ0n) is 22.0. The van der Waals surface area contributed by atoms with E-state index in [2.05, 4.69) is 20.0 Å². The van der Waals surface area contributed by atoms with Crippen molar-refractivity contribution < 1.29 is 23.4 Å². The van der Waals surface area contributed by atoms with Gasteiger partial charge in [0.2, 0.25) is 11.8 Å². The van der Waals surface area contributed by atoms with Gasteiger partial charge in [0.15, 0.2) is 17.1 Å². The maximum atomic E-state index is 15.0. The van der Waals surface area contributed by atoms with Crippen LogP contribution in [0.3, 0.4) is 0 Å². The summed E-state index contributed by atoms with van der Waals surface area (Å²) in [5, 5.41) is 14.3. The molecule has 2 atom stereocenters. The minimum absolute atomic E-state index is 0.0939. The molecule has 0 amide bonds. The average Bonchev–Trinajstić information content (AvgIpc) is 3.76. The molecule has 0 unspecified atom stereocenters. The molecular weight excluding hydrogens is 553 g/mol. The Kier molecular flexibility index (Phi) is 6.69. The maximum Gasteiger partial charge on any atom is 0.309 e. The van der Waals surface area contributed by atoms with E-state index in [9.17, 15) is 14.3 Å². The Morgan fingerprint density at radius 1 is 1.15 bits per heavy atom. The number of nitrogen functional groups attached to an aromatic ring is 1. The van der Waals surface area contributed by atoms with Crippen LogP contribution in [0.1, 0.15) is 24.3 Å². The lowest BCUT2D eigenvalue weighted by atomic mass is 9.89. The number of anilines is 1. The average molecular weight is 582 g/mol. The summed E-state index contributed by atoms with van der Waals surface area (Å²) >= 11 is 1.07. The number of aliphatic hydroxyl groups excluding tert-OH is 1. The third-order valence-corrected chi connectivity index (χ3v) is 8.75. The highest BCUT2D eigenvalue weighted by atomic mass is 32.1. The van der Waals surface area contributed by atoms with Crippen LogP contribution in [-0.4, -0.2) is 79.2 Å². The first-order chi connectivity index (χ1) is 19.9. The number of benzene rings is 1. The molecule has 2 fully saturated rings. The number of nitrogens with two attached hydrogens (primary N) is 1. The molecule has 214 valence electrons. The highest BCUT2D eigenvalue weighted by Crippen LogP contribution is 2.32. The molecule has 7 rings (SSSR count). The quantitative estimate of drug-likeness (QED) is 0.294. The molecule has 0 saturated carbocycles. The fourth-order valence-electron chi connectivity index (χ4n) is 5.57. The lowest BCUT2D eigenvalue weighted by Crippen LogP contribution is -2.36. The largest absolute Gasteiger partial charge is 0.485 e. The zero-order chi connectivity index (χ0) is 28.1. The summed E-state index contributed by atoms with van der Waals surface area (Å²) < 4.78 is 35.0. The van der Waals surface area contributed by atoms with Crippen molar-refractivity contribution >= 4 is 33.3 Å². The van der Waals surface area contributed by atoms with Gasteiger partial charge in [-0.15, -0.1) is 5.10 Å². The molecule has 2 aliphatic heterocycles. The number of piperidine rings is 1. The first-order valence-corrected chi connectivity index (χ1v) is 14.3. The van der Waals surface area contributed by atoms with Crippen molar-refractivity contribution in [2.75, 3.05) is 38.6 Å². The van der Waals surface area contributed by atoms with Crippen LogP contribution >= 0.6 is 11.3 Å². The van der Waals surface area contributed by atoms with E-state index < -0.39 is 12.2 Å². The molecular formula is C27H28FN7O5S. The lowest BCUT2D eigenvalue weighted by Gasteiger charge is -2.32. The Bertz CT molecular complexity index is 1760.